The number of aromatic nitrogens is 6. The van der Waals surface area contributed by atoms with Crippen molar-refractivity contribution in [1.29, 1.82) is 5.26 Å². The molecule has 5 aromatic rings. The van der Waals surface area contributed by atoms with Crippen LogP contribution in [0.25, 0.3) is 16.8 Å². The van der Waals surface area contributed by atoms with Gasteiger partial charge in [0, 0.05) is 31.4 Å². The van der Waals surface area contributed by atoms with E-state index in [1.54, 1.807) is 48.8 Å². The minimum Gasteiger partial charge on any atom is -0.357 e. The summed E-state index contributed by atoms with van der Waals surface area (Å²) < 4.78 is 29.9. The third-order valence-corrected chi connectivity index (χ3v) is 8.88. The van der Waals surface area contributed by atoms with Gasteiger partial charge in [0.15, 0.2) is 11.3 Å². The van der Waals surface area contributed by atoms with Crippen LogP contribution in [-0.4, -0.2) is 50.0 Å². The number of fused-ring (bicyclic) bond motifs is 3. The van der Waals surface area contributed by atoms with Gasteiger partial charge in [-0.05, 0) is 56.5 Å². The van der Waals surface area contributed by atoms with Gasteiger partial charge in [-0.15, -0.1) is 10.2 Å². The molecule has 0 saturated heterocycles. The van der Waals surface area contributed by atoms with E-state index in [4.69, 9.17) is 5.26 Å². The number of hydrogen-bond donors (Lipinski definition) is 0. The van der Waals surface area contributed by atoms with Crippen LogP contribution in [0.4, 0.5) is 5.82 Å². The second kappa shape index (κ2) is 8.67. The Labute approximate surface area is 213 Å². The molecule has 0 N–H and O–H groups in total. The summed E-state index contributed by atoms with van der Waals surface area (Å²) in [5.74, 6) is 1.76. The molecule has 1 aliphatic rings. The normalized spacial score (nSPS) is 17.9. The third kappa shape index (κ3) is 3.81. The van der Waals surface area contributed by atoms with Crippen molar-refractivity contribution in [3.63, 3.8) is 0 Å². The fraction of sp³-hybridized carbons (Fsp3) is 0.269. The van der Waals surface area contributed by atoms with Gasteiger partial charge >= 0.3 is 0 Å². The van der Waals surface area contributed by atoms with E-state index >= 15 is 0 Å². The zero-order chi connectivity index (χ0) is 25.7. The highest BCUT2D eigenvalue weighted by Crippen LogP contribution is 2.38. The molecular formula is C26H24N8O2S. The lowest BCUT2D eigenvalue weighted by Gasteiger charge is -2.25. The summed E-state index contributed by atoms with van der Waals surface area (Å²) in [6, 6.07) is 14.5. The summed E-state index contributed by atoms with van der Waals surface area (Å²) >= 11 is 0. The lowest BCUT2D eigenvalue weighted by molar-refractivity contribution is 0.588. The molecule has 0 amide bonds. The summed E-state index contributed by atoms with van der Waals surface area (Å²) in [6.45, 7) is 1.92. The number of nitriles is 1. The number of pyridine rings is 1. The van der Waals surface area contributed by atoms with E-state index in [0.717, 1.165) is 36.5 Å². The minimum atomic E-state index is -3.81. The van der Waals surface area contributed by atoms with Crippen molar-refractivity contribution < 1.29 is 8.42 Å². The van der Waals surface area contributed by atoms with Crippen molar-refractivity contribution in [2.45, 2.75) is 43.0 Å². The van der Waals surface area contributed by atoms with Crippen LogP contribution in [-0.2, 0) is 10.0 Å². The lowest BCUT2D eigenvalue weighted by Crippen LogP contribution is -2.30. The molecule has 0 bridgehead atoms. The average molecular weight is 513 g/mol. The Morgan fingerprint density at radius 2 is 1.84 bits per heavy atom. The summed E-state index contributed by atoms with van der Waals surface area (Å²) in [7, 11) is -1.80. The van der Waals surface area contributed by atoms with E-state index in [-0.39, 0.29) is 16.9 Å². The van der Waals surface area contributed by atoms with Gasteiger partial charge in [-0.2, -0.15) is 5.26 Å². The Hall–Kier alpha value is -4.30. The second-order valence-electron chi connectivity index (χ2n) is 9.44. The van der Waals surface area contributed by atoms with Crippen LogP contribution in [0.5, 0.6) is 0 Å². The molecular weight excluding hydrogens is 488 g/mol. The maximum atomic E-state index is 13.4. The van der Waals surface area contributed by atoms with Crippen LogP contribution in [0.2, 0.25) is 0 Å². The Morgan fingerprint density at radius 1 is 1.03 bits per heavy atom. The molecule has 0 spiro atoms. The maximum Gasteiger partial charge on any atom is 0.269 e. The van der Waals surface area contributed by atoms with Gasteiger partial charge in [-0.3, -0.25) is 4.40 Å². The molecule has 10 nitrogen and oxygen atoms in total. The fourth-order valence-corrected chi connectivity index (χ4v) is 6.42. The van der Waals surface area contributed by atoms with Crippen LogP contribution in [0.3, 0.4) is 0 Å². The summed E-state index contributed by atoms with van der Waals surface area (Å²) in [4.78, 5) is 11.2. The van der Waals surface area contributed by atoms with Crippen molar-refractivity contribution in [2.24, 2.45) is 0 Å². The minimum absolute atomic E-state index is 0.142. The lowest BCUT2D eigenvalue weighted by atomic mass is 10.1. The molecule has 0 radical (unpaired) electrons. The molecule has 11 heteroatoms. The average Bonchev–Trinajstić information content (AvgIpc) is 3.66. The summed E-state index contributed by atoms with van der Waals surface area (Å²) in [5.41, 5.74) is 3.09. The third-order valence-electron chi connectivity index (χ3n) is 7.20. The van der Waals surface area contributed by atoms with E-state index in [0.29, 0.717) is 22.4 Å². The molecule has 4 heterocycles. The molecule has 6 rings (SSSR count). The van der Waals surface area contributed by atoms with Gasteiger partial charge in [0.1, 0.15) is 17.7 Å². The molecule has 4 aromatic heterocycles. The molecule has 1 aliphatic carbocycles. The highest BCUT2D eigenvalue weighted by atomic mass is 32.2. The number of rotatable bonds is 5. The molecule has 37 heavy (non-hydrogen) atoms. The number of nitrogens with zero attached hydrogens (tertiary/aromatic N) is 8. The van der Waals surface area contributed by atoms with Gasteiger partial charge in [-0.1, -0.05) is 17.7 Å². The maximum absolute atomic E-state index is 13.4. The van der Waals surface area contributed by atoms with Crippen molar-refractivity contribution in [3.05, 3.63) is 78.0 Å². The van der Waals surface area contributed by atoms with Gasteiger partial charge in [0.2, 0.25) is 0 Å². The van der Waals surface area contributed by atoms with Gasteiger partial charge < -0.3 is 4.90 Å². The Morgan fingerprint density at radius 3 is 2.57 bits per heavy atom. The van der Waals surface area contributed by atoms with E-state index in [9.17, 15) is 8.42 Å². The first-order chi connectivity index (χ1) is 17.9. The predicted molar refractivity (Wildman–Crippen MR) is 138 cm³/mol. The van der Waals surface area contributed by atoms with E-state index in [2.05, 4.69) is 31.1 Å². The molecule has 0 aliphatic heterocycles. The van der Waals surface area contributed by atoms with Crippen molar-refractivity contribution >= 4 is 32.7 Å². The molecule has 186 valence electrons. The van der Waals surface area contributed by atoms with E-state index < -0.39 is 10.0 Å². The Balaban J connectivity index is 1.34. The van der Waals surface area contributed by atoms with Crippen LogP contribution in [0.1, 0.15) is 42.1 Å². The van der Waals surface area contributed by atoms with Gasteiger partial charge in [0.05, 0.1) is 22.2 Å². The number of aryl methyl sites for hydroxylation is 1. The standard InChI is InChI=1S/C26H24N8O2S/c1-17-3-8-21(9-4-17)37(35,36)33-12-11-22-26(33)29-16-24-30-31-25(34(22)24)19-6-7-20(13-19)32(2)23-10-5-18(14-27)15-28-23/h3-5,8-12,15-16,19-20H,6-7,13H2,1-2H3/t19-,20+/m1/s1. The number of benzene rings is 1. The zero-order valence-corrected chi connectivity index (χ0v) is 21.2. The Bertz CT molecular complexity index is 1770. The van der Waals surface area contributed by atoms with Gasteiger partial charge in [0.25, 0.3) is 10.0 Å². The van der Waals surface area contributed by atoms with Crippen LogP contribution in [0.15, 0.2) is 66.0 Å². The molecule has 2 atom stereocenters. The topological polar surface area (TPSA) is 122 Å². The smallest absolute Gasteiger partial charge is 0.269 e. The van der Waals surface area contributed by atoms with Gasteiger partial charge in [-0.25, -0.2) is 22.4 Å². The Kier molecular flexibility index (Phi) is 5.42. The monoisotopic (exact) mass is 512 g/mol. The molecule has 1 fully saturated rings. The summed E-state index contributed by atoms with van der Waals surface area (Å²) in [5, 5.41) is 17.9. The van der Waals surface area contributed by atoms with Crippen molar-refractivity contribution in [3.8, 4) is 6.07 Å². The summed E-state index contributed by atoms with van der Waals surface area (Å²) in [6.07, 6.45) is 7.42. The van der Waals surface area contributed by atoms with E-state index in [1.807, 2.05) is 24.4 Å². The highest BCUT2D eigenvalue weighted by molar-refractivity contribution is 7.90. The molecule has 0 unspecified atom stereocenters. The van der Waals surface area contributed by atoms with Crippen molar-refractivity contribution in [2.75, 3.05) is 11.9 Å². The first kappa shape index (κ1) is 23.1. The zero-order valence-electron chi connectivity index (χ0n) is 20.4. The first-order valence-electron chi connectivity index (χ1n) is 12.0. The molecule has 1 saturated carbocycles. The number of anilines is 1. The number of hydrogen-bond acceptors (Lipinski definition) is 8. The largest absolute Gasteiger partial charge is 0.357 e. The second-order valence-corrected chi connectivity index (χ2v) is 11.3. The predicted octanol–water partition coefficient (Wildman–Crippen LogP) is 3.66. The van der Waals surface area contributed by atoms with E-state index in [1.165, 1.54) is 10.2 Å². The van der Waals surface area contributed by atoms with Crippen LogP contribution in [0, 0.1) is 18.3 Å². The quantitative estimate of drug-likeness (QED) is 0.350. The SMILES string of the molecule is Cc1ccc(S(=O)(=O)n2ccc3c2ncc2nnc([C@@H]4CC[C@H](N(C)c5ccc(C#N)cn5)C4)n23)cc1. The first-order valence-corrected chi connectivity index (χ1v) is 13.4. The van der Waals surface area contributed by atoms with Crippen LogP contribution < -0.4 is 4.90 Å². The molecule has 1 aromatic carbocycles. The fourth-order valence-electron chi connectivity index (χ4n) is 5.13. The highest BCUT2D eigenvalue weighted by Gasteiger charge is 2.33. The van der Waals surface area contributed by atoms with Crippen LogP contribution >= 0.6 is 0 Å². The van der Waals surface area contributed by atoms with Crippen molar-refractivity contribution in [1.82, 2.24) is 28.5 Å².